The van der Waals surface area contributed by atoms with Crippen molar-refractivity contribution >= 4 is 11.6 Å². The summed E-state index contributed by atoms with van der Waals surface area (Å²) in [6, 6.07) is 12.4. The molecule has 0 spiro atoms. The predicted molar refractivity (Wildman–Crippen MR) is 112 cm³/mol. The second-order valence-electron chi connectivity index (χ2n) is 7.56. The Hall–Kier alpha value is -2.64. The number of rotatable bonds is 6. The minimum absolute atomic E-state index is 0.235. The third-order valence-corrected chi connectivity index (χ3v) is 5.58. The number of hydrogen-bond acceptors (Lipinski definition) is 6. The van der Waals surface area contributed by atoms with Gasteiger partial charge < -0.3 is 20.1 Å². The molecule has 0 radical (unpaired) electrons. The Kier molecular flexibility index (Phi) is 6.27. The maximum Gasteiger partial charge on any atom is 0.269 e. The molecular formula is C22H28N4O3. The normalized spacial score (nSPS) is 20.4. The molecule has 154 valence electrons. The average molecular weight is 396 g/mol. The van der Waals surface area contributed by atoms with Crippen LogP contribution in [0.1, 0.15) is 29.8 Å². The van der Waals surface area contributed by atoms with Crippen molar-refractivity contribution in [3.63, 3.8) is 0 Å². The van der Waals surface area contributed by atoms with Crippen molar-refractivity contribution in [1.29, 1.82) is 0 Å². The summed E-state index contributed by atoms with van der Waals surface area (Å²) in [5, 5.41) is 6.21. The summed E-state index contributed by atoms with van der Waals surface area (Å²) >= 11 is 0. The lowest BCUT2D eigenvalue weighted by Gasteiger charge is -2.36. The number of nitrogens with zero attached hydrogens (tertiary/aromatic N) is 2. The van der Waals surface area contributed by atoms with Crippen LogP contribution in [0.3, 0.4) is 0 Å². The molecule has 7 heteroatoms. The van der Waals surface area contributed by atoms with Crippen LogP contribution >= 0.6 is 0 Å². The highest BCUT2D eigenvalue weighted by Gasteiger charge is 2.27. The number of likely N-dealkylation sites (tertiary alicyclic amines) is 1. The summed E-state index contributed by atoms with van der Waals surface area (Å²) in [6.07, 6.45) is 4.99. The van der Waals surface area contributed by atoms with Gasteiger partial charge in [-0.1, -0.05) is 6.07 Å². The maximum absolute atomic E-state index is 11.8. The van der Waals surface area contributed by atoms with Gasteiger partial charge in [0.25, 0.3) is 5.91 Å². The van der Waals surface area contributed by atoms with Gasteiger partial charge in [-0.2, -0.15) is 0 Å². The molecule has 1 aromatic heterocycles. The van der Waals surface area contributed by atoms with Gasteiger partial charge in [0.15, 0.2) is 0 Å². The number of nitrogens with one attached hydrogen (secondary N) is 2. The van der Waals surface area contributed by atoms with Crippen molar-refractivity contribution in [2.45, 2.75) is 31.3 Å². The molecule has 2 aliphatic heterocycles. The third-order valence-electron chi connectivity index (χ3n) is 5.58. The molecule has 7 nitrogen and oxygen atoms in total. The third kappa shape index (κ3) is 5.05. The van der Waals surface area contributed by atoms with E-state index in [1.54, 1.807) is 25.4 Å². The van der Waals surface area contributed by atoms with Crippen LogP contribution in [-0.4, -0.2) is 61.2 Å². The van der Waals surface area contributed by atoms with Gasteiger partial charge in [-0.15, -0.1) is 0 Å². The molecule has 0 unspecified atom stereocenters. The van der Waals surface area contributed by atoms with Crippen LogP contribution in [0.5, 0.6) is 11.5 Å². The van der Waals surface area contributed by atoms with E-state index in [0.29, 0.717) is 23.5 Å². The molecule has 1 amide bonds. The fourth-order valence-electron chi connectivity index (χ4n) is 3.97. The SMILES string of the molecule is CNC(=O)c1cc(Oc2cccc(NC3CCN([C@H]4CCOC4)CC3)c2)ccn1. The summed E-state index contributed by atoms with van der Waals surface area (Å²) < 4.78 is 11.5. The Morgan fingerprint density at radius 3 is 2.76 bits per heavy atom. The number of hydrogen-bond donors (Lipinski definition) is 2. The average Bonchev–Trinajstić information content (AvgIpc) is 3.29. The fourth-order valence-corrected chi connectivity index (χ4v) is 3.97. The molecule has 0 saturated carbocycles. The molecule has 2 aliphatic rings. The summed E-state index contributed by atoms with van der Waals surface area (Å²) in [5.41, 5.74) is 1.38. The van der Waals surface area contributed by atoms with E-state index in [9.17, 15) is 4.79 Å². The second kappa shape index (κ2) is 9.24. The Labute approximate surface area is 171 Å². The molecule has 0 aliphatic carbocycles. The van der Waals surface area contributed by atoms with Crippen LogP contribution < -0.4 is 15.4 Å². The molecular weight excluding hydrogens is 368 g/mol. The standard InChI is InChI=1S/C22H28N4O3/c1-23-22(27)21-14-20(5-9-24-21)29-19-4-2-3-17(13-19)25-16-6-10-26(11-7-16)18-8-12-28-15-18/h2-5,9,13-14,16,18,25H,6-8,10-12,15H2,1H3,(H,23,27)/t18-/m0/s1. The molecule has 29 heavy (non-hydrogen) atoms. The Bertz CT molecular complexity index is 830. The van der Waals surface area contributed by atoms with Crippen molar-refractivity contribution in [1.82, 2.24) is 15.2 Å². The van der Waals surface area contributed by atoms with E-state index < -0.39 is 0 Å². The highest BCUT2D eigenvalue weighted by Crippen LogP contribution is 2.26. The zero-order valence-electron chi connectivity index (χ0n) is 16.8. The highest BCUT2D eigenvalue weighted by molar-refractivity contribution is 5.92. The lowest BCUT2D eigenvalue weighted by atomic mass is 10.0. The number of ether oxygens (including phenoxy) is 2. The molecule has 2 saturated heterocycles. The van der Waals surface area contributed by atoms with Crippen molar-refractivity contribution in [3.05, 3.63) is 48.3 Å². The van der Waals surface area contributed by atoms with Crippen LogP contribution in [0.4, 0.5) is 5.69 Å². The number of carbonyl (C=O) groups is 1. The molecule has 2 fully saturated rings. The van der Waals surface area contributed by atoms with Crippen LogP contribution in [-0.2, 0) is 4.74 Å². The topological polar surface area (TPSA) is 75.7 Å². The van der Waals surface area contributed by atoms with Crippen LogP contribution in [0.25, 0.3) is 0 Å². The van der Waals surface area contributed by atoms with E-state index in [1.165, 1.54) is 0 Å². The van der Waals surface area contributed by atoms with Crippen molar-refractivity contribution in [2.75, 3.05) is 38.7 Å². The number of benzene rings is 1. The van der Waals surface area contributed by atoms with Gasteiger partial charge in [-0.3, -0.25) is 14.7 Å². The minimum atomic E-state index is -0.235. The van der Waals surface area contributed by atoms with Gasteiger partial charge in [0.2, 0.25) is 0 Å². The van der Waals surface area contributed by atoms with E-state index in [0.717, 1.165) is 57.0 Å². The van der Waals surface area contributed by atoms with Gasteiger partial charge in [0, 0.05) is 62.8 Å². The second-order valence-corrected chi connectivity index (χ2v) is 7.56. The van der Waals surface area contributed by atoms with Crippen LogP contribution in [0, 0.1) is 0 Å². The van der Waals surface area contributed by atoms with Gasteiger partial charge >= 0.3 is 0 Å². The summed E-state index contributed by atoms with van der Waals surface area (Å²) in [7, 11) is 1.58. The zero-order valence-corrected chi connectivity index (χ0v) is 16.8. The van der Waals surface area contributed by atoms with Crippen molar-refractivity contribution in [3.8, 4) is 11.5 Å². The number of piperidine rings is 1. The van der Waals surface area contributed by atoms with Gasteiger partial charge in [0.1, 0.15) is 17.2 Å². The summed E-state index contributed by atoms with van der Waals surface area (Å²) in [5.74, 6) is 1.08. The van der Waals surface area contributed by atoms with Gasteiger partial charge in [-0.05, 0) is 37.5 Å². The Morgan fingerprint density at radius 2 is 2.00 bits per heavy atom. The first-order valence-electron chi connectivity index (χ1n) is 10.3. The molecule has 1 atom stereocenters. The number of amides is 1. The predicted octanol–water partition coefficient (Wildman–Crippen LogP) is 2.90. The van der Waals surface area contributed by atoms with E-state index in [1.807, 2.05) is 18.2 Å². The number of carbonyl (C=O) groups excluding carboxylic acids is 1. The first-order valence-corrected chi connectivity index (χ1v) is 10.3. The smallest absolute Gasteiger partial charge is 0.269 e. The lowest BCUT2D eigenvalue weighted by Crippen LogP contribution is -2.44. The monoisotopic (exact) mass is 396 g/mol. The minimum Gasteiger partial charge on any atom is -0.457 e. The maximum atomic E-state index is 11.8. The van der Waals surface area contributed by atoms with Gasteiger partial charge in [-0.25, -0.2) is 0 Å². The fraction of sp³-hybridized carbons (Fsp3) is 0.455. The molecule has 0 bridgehead atoms. The molecule has 2 aromatic rings. The highest BCUT2D eigenvalue weighted by atomic mass is 16.5. The lowest BCUT2D eigenvalue weighted by molar-refractivity contribution is 0.0958. The number of aromatic nitrogens is 1. The first kappa shape index (κ1) is 19.7. The molecule has 1 aromatic carbocycles. The zero-order chi connectivity index (χ0) is 20.1. The molecule has 3 heterocycles. The van der Waals surface area contributed by atoms with Crippen molar-refractivity contribution in [2.24, 2.45) is 0 Å². The number of anilines is 1. The molecule has 4 rings (SSSR count). The summed E-state index contributed by atoms with van der Waals surface area (Å²) in [4.78, 5) is 18.4. The molecule has 2 N–H and O–H groups in total. The Morgan fingerprint density at radius 1 is 1.17 bits per heavy atom. The van der Waals surface area contributed by atoms with E-state index >= 15 is 0 Å². The van der Waals surface area contributed by atoms with E-state index in [4.69, 9.17) is 9.47 Å². The van der Waals surface area contributed by atoms with Gasteiger partial charge in [0.05, 0.1) is 6.61 Å². The van der Waals surface area contributed by atoms with E-state index in [-0.39, 0.29) is 5.91 Å². The first-order chi connectivity index (χ1) is 14.2. The Balaban J connectivity index is 1.34. The largest absolute Gasteiger partial charge is 0.457 e. The van der Waals surface area contributed by atoms with Crippen LogP contribution in [0.15, 0.2) is 42.6 Å². The summed E-state index contributed by atoms with van der Waals surface area (Å²) in [6.45, 7) is 4.01. The van der Waals surface area contributed by atoms with Crippen molar-refractivity contribution < 1.29 is 14.3 Å². The quantitative estimate of drug-likeness (QED) is 0.782. The van der Waals surface area contributed by atoms with Crippen LogP contribution in [0.2, 0.25) is 0 Å². The number of pyridine rings is 1. The van der Waals surface area contributed by atoms with E-state index in [2.05, 4.69) is 26.6 Å².